The van der Waals surface area contributed by atoms with E-state index in [1.165, 1.54) is 24.5 Å². The third-order valence-corrected chi connectivity index (χ3v) is 3.07. The van der Waals surface area contributed by atoms with Gasteiger partial charge < -0.3 is 5.32 Å². The smallest absolute Gasteiger partial charge is 0.230 e. The van der Waals surface area contributed by atoms with E-state index in [4.69, 9.17) is 23.2 Å². The van der Waals surface area contributed by atoms with Gasteiger partial charge in [-0.1, -0.05) is 23.2 Å². The van der Waals surface area contributed by atoms with Crippen molar-refractivity contribution in [1.82, 2.24) is 0 Å². The van der Waals surface area contributed by atoms with Crippen LogP contribution in [0.15, 0.2) is 38.2 Å². The molecule has 3 rings (SSSR count). The summed E-state index contributed by atoms with van der Waals surface area (Å²) in [6, 6.07) is 3.79. The molecule has 0 saturated carbocycles. The third kappa shape index (κ3) is 2.36. The van der Waals surface area contributed by atoms with Gasteiger partial charge in [-0.15, -0.1) is 0 Å². The van der Waals surface area contributed by atoms with Gasteiger partial charge in [0.2, 0.25) is 5.96 Å². The Bertz CT molecular complexity index is 665. The fourth-order valence-corrected chi connectivity index (χ4v) is 2.02. The second-order valence-electron chi connectivity index (χ2n) is 3.78. The van der Waals surface area contributed by atoms with Crippen LogP contribution >= 0.6 is 23.2 Å². The van der Waals surface area contributed by atoms with Crippen LogP contribution in [0.1, 0.15) is 0 Å². The highest BCUT2D eigenvalue weighted by molar-refractivity contribution is 6.70. The van der Waals surface area contributed by atoms with Gasteiger partial charge in [0.25, 0.3) is 0 Å². The van der Waals surface area contributed by atoms with Gasteiger partial charge in [0.1, 0.15) is 17.3 Å². The van der Waals surface area contributed by atoms with Gasteiger partial charge in [0.05, 0.1) is 5.02 Å². The maximum atomic E-state index is 13.0. The Morgan fingerprint density at radius 1 is 1.21 bits per heavy atom. The molecule has 8 heteroatoms. The summed E-state index contributed by atoms with van der Waals surface area (Å²) in [5.41, 5.74) is 0.552. The zero-order valence-electron chi connectivity index (χ0n) is 9.31. The molecule has 1 unspecified atom stereocenters. The molecule has 1 aromatic rings. The predicted molar refractivity (Wildman–Crippen MR) is 75.5 cm³/mol. The Morgan fingerprint density at radius 3 is 2.84 bits per heavy atom. The molecule has 1 aromatic carbocycles. The standard InChI is InChI=1S/C11H6Cl2FN5/c12-6-3-5(1-2-7(6)14)17-11-18-9(13)8-10(19-11)16-4-15-8/h1-4,8H,(H,15,16,17,19). The zero-order valence-corrected chi connectivity index (χ0v) is 10.8. The Labute approximate surface area is 117 Å². The number of aliphatic imine (C=N–C) groups is 4. The van der Waals surface area contributed by atoms with Crippen molar-refractivity contribution in [3.63, 3.8) is 0 Å². The largest absolute Gasteiger partial charge is 0.324 e. The highest BCUT2D eigenvalue weighted by atomic mass is 35.5. The van der Waals surface area contributed by atoms with Crippen molar-refractivity contribution in [3.8, 4) is 0 Å². The number of nitrogens with one attached hydrogen (secondary N) is 1. The van der Waals surface area contributed by atoms with Gasteiger partial charge >= 0.3 is 0 Å². The van der Waals surface area contributed by atoms with Gasteiger partial charge in [0, 0.05) is 5.69 Å². The number of amidine groups is 1. The molecule has 0 amide bonds. The summed E-state index contributed by atoms with van der Waals surface area (Å²) < 4.78 is 13.0. The number of halogens is 3. The molecule has 1 atom stereocenters. The molecule has 0 radical (unpaired) electrons. The lowest BCUT2D eigenvalue weighted by molar-refractivity contribution is 0.628. The number of anilines is 1. The summed E-state index contributed by atoms with van der Waals surface area (Å²) in [5.74, 6) is 0.233. The number of nitrogens with zero attached hydrogens (tertiary/aromatic N) is 4. The van der Waals surface area contributed by atoms with E-state index in [9.17, 15) is 4.39 Å². The lowest BCUT2D eigenvalue weighted by atomic mass is 10.3. The molecule has 1 N–H and O–H groups in total. The number of hydrogen-bond donors (Lipinski definition) is 1. The van der Waals surface area contributed by atoms with Gasteiger partial charge in [-0.2, -0.15) is 4.99 Å². The first kappa shape index (κ1) is 12.3. The topological polar surface area (TPSA) is 61.5 Å². The molecule has 2 heterocycles. The van der Waals surface area contributed by atoms with Crippen LogP contribution in [0, 0.1) is 5.82 Å². The van der Waals surface area contributed by atoms with Crippen molar-refractivity contribution in [2.45, 2.75) is 6.04 Å². The molecule has 0 aliphatic carbocycles. The molecule has 0 bridgehead atoms. The monoisotopic (exact) mass is 297 g/mol. The van der Waals surface area contributed by atoms with Crippen molar-refractivity contribution in [3.05, 3.63) is 29.0 Å². The van der Waals surface area contributed by atoms with E-state index < -0.39 is 11.9 Å². The zero-order chi connectivity index (χ0) is 13.4. The van der Waals surface area contributed by atoms with Gasteiger partial charge in [-0.3, -0.25) is 4.99 Å². The Balaban J connectivity index is 1.86. The minimum Gasteiger partial charge on any atom is -0.324 e. The van der Waals surface area contributed by atoms with Crippen LogP contribution in [0.25, 0.3) is 0 Å². The molecule has 0 saturated heterocycles. The molecular formula is C11H6Cl2FN5. The van der Waals surface area contributed by atoms with E-state index in [0.29, 0.717) is 11.5 Å². The van der Waals surface area contributed by atoms with E-state index in [-0.39, 0.29) is 16.2 Å². The van der Waals surface area contributed by atoms with E-state index >= 15 is 0 Å². The fourth-order valence-electron chi connectivity index (χ4n) is 1.61. The summed E-state index contributed by atoms with van der Waals surface area (Å²) in [6.45, 7) is 0. The molecule has 96 valence electrons. The molecule has 0 spiro atoms. The molecule has 2 aliphatic heterocycles. The molecule has 0 fully saturated rings. The second kappa shape index (κ2) is 4.71. The second-order valence-corrected chi connectivity index (χ2v) is 4.57. The number of guanidine groups is 1. The molecule has 5 nitrogen and oxygen atoms in total. The average Bonchev–Trinajstić information content (AvgIpc) is 2.82. The van der Waals surface area contributed by atoms with Crippen LogP contribution in [0.4, 0.5) is 10.1 Å². The lowest BCUT2D eigenvalue weighted by Gasteiger charge is -2.14. The van der Waals surface area contributed by atoms with Crippen LogP contribution in [0.2, 0.25) is 5.02 Å². The first-order valence-corrected chi connectivity index (χ1v) is 6.03. The predicted octanol–water partition coefficient (Wildman–Crippen LogP) is 2.71. The first-order valence-electron chi connectivity index (χ1n) is 5.27. The summed E-state index contributed by atoms with van der Waals surface area (Å²) in [5, 5.41) is 3.17. The highest BCUT2D eigenvalue weighted by Crippen LogP contribution is 2.20. The summed E-state index contributed by atoms with van der Waals surface area (Å²) in [6.07, 6.45) is 1.39. The number of benzene rings is 1. The van der Waals surface area contributed by atoms with E-state index in [1.54, 1.807) is 0 Å². The summed E-state index contributed by atoms with van der Waals surface area (Å²) >= 11 is 11.7. The quantitative estimate of drug-likeness (QED) is 0.851. The summed E-state index contributed by atoms with van der Waals surface area (Å²) in [7, 11) is 0. The van der Waals surface area contributed by atoms with Crippen LogP contribution in [0.5, 0.6) is 0 Å². The van der Waals surface area contributed by atoms with Gasteiger partial charge in [0.15, 0.2) is 11.9 Å². The summed E-state index contributed by atoms with van der Waals surface area (Å²) in [4.78, 5) is 16.2. The van der Waals surface area contributed by atoms with Gasteiger partial charge in [-0.05, 0) is 18.2 Å². The van der Waals surface area contributed by atoms with Crippen molar-refractivity contribution in [1.29, 1.82) is 0 Å². The lowest BCUT2D eigenvalue weighted by Crippen LogP contribution is -2.29. The normalized spacial score (nSPS) is 20.6. The first-order chi connectivity index (χ1) is 9.13. The van der Waals surface area contributed by atoms with E-state index in [1.807, 2.05) is 0 Å². The van der Waals surface area contributed by atoms with Crippen molar-refractivity contribution >= 4 is 52.2 Å². The Hall–Kier alpha value is -1.79. The molecule has 19 heavy (non-hydrogen) atoms. The number of fused-ring (bicyclic) bond motifs is 1. The fraction of sp³-hybridized carbons (Fsp3) is 0.0909. The van der Waals surface area contributed by atoms with Crippen LogP contribution in [0.3, 0.4) is 0 Å². The molecule has 0 aromatic heterocycles. The third-order valence-electron chi connectivity index (χ3n) is 2.48. The van der Waals surface area contributed by atoms with Gasteiger partial charge in [-0.25, -0.2) is 14.4 Å². The van der Waals surface area contributed by atoms with E-state index in [2.05, 4.69) is 25.3 Å². The Kier molecular flexibility index (Phi) is 3.04. The van der Waals surface area contributed by atoms with Crippen LogP contribution in [-0.4, -0.2) is 29.3 Å². The highest BCUT2D eigenvalue weighted by Gasteiger charge is 2.27. The minimum atomic E-state index is -0.493. The van der Waals surface area contributed by atoms with Crippen LogP contribution in [-0.2, 0) is 0 Å². The number of hydrogen-bond acceptors (Lipinski definition) is 5. The SMILES string of the molecule is Fc1ccc(NC2=NC3=NC=NC3C(Cl)=N2)cc1Cl. The molecule has 2 aliphatic rings. The average molecular weight is 298 g/mol. The minimum absolute atomic E-state index is 0.0101. The van der Waals surface area contributed by atoms with Crippen molar-refractivity contribution in [2.24, 2.45) is 20.0 Å². The maximum absolute atomic E-state index is 13.0. The Morgan fingerprint density at radius 2 is 2.05 bits per heavy atom. The molecular weight excluding hydrogens is 292 g/mol. The van der Waals surface area contributed by atoms with E-state index in [0.717, 1.165) is 0 Å². The van der Waals surface area contributed by atoms with Crippen LogP contribution < -0.4 is 5.32 Å². The van der Waals surface area contributed by atoms with Crippen molar-refractivity contribution in [2.75, 3.05) is 5.32 Å². The maximum Gasteiger partial charge on any atom is 0.230 e. The van der Waals surface area contributed by atoms with Crippen molar-refractivity contribution < 1.29 is 4.39 Å². The number of rotatable bonds is 1.